The number of carbonyl (C=O) groups is 1. The van der Waals surface area contributed by atoms with E-state index in [2.05, 4.69) is 10.1 Å². The predicted molar refractivity (Wildman–Crippen MR) is 107 cm³/mol. The van der Waals surface area contributed by atoms with Gasteiger partial charge < -0.3 is 14.2 Å². The van der Waals surface area contributed by atoms with E-state index in [1.54, 1.807) is 19.2 Å². The third-order valence-electron chi connectivity index (χ3n) is 4.28. The third-order valence-corrected chi connectivity index (χ3v) is 4.59. The summed E-state index contributed by atoms with van der Waals surface area (Å²) in [6.07, 6.45) is -0.142. The highest BCUT2D eigenvalue weighted by Crippen LogP contribution is 2.25. The number of amides is 1. The maximum Gasteiger partial charge on any atom is 0.263 e. The first-order valence-corrected chi connectivity index (χ1v) is 9.41. The van der Waals surface area contributed by atoms with Gasteiger partial charge >= 0.3 is 0 Å². The van der Waals surface area contributed by atoms with Crippen molar-refractivity contribution in [2.75, 3.05) is 7.05 Å². The van der Waals surface area contributed by atoms with Crippen molar-refractivity contribution in [2.24, 2.45) is 0 Å². The van der Waals surface area contributed by atoms with Crippen molar-refractivity contribution in [3.05, 3.63) is 65.0 Å². The highest BCUT2D eigenvalue weighted by molar-refractivity contribution is 6.32. The molecule has 0 saturated carbocycles. The normalized spacial score (nSPS) is 11.9. The van der Waals surface area contributed by atoms with Crippen LogP contribution in [0.25, 0.3) is 11.4 Å². The van der Waals surface area contributed by atoms with Gasteiger partial charge in [0.25, 0.3) is 5.91 Å². The van der Waals surface area contributed by atoms with Gasteiger partial charge in [0.2, 0.25) is 11.7 Å². The molecule has 1 atom stereocenters. The molecule has 146 valence electrons. The summed E-state index contributed by atoms with van der Waals surface area (Å²) in [5.41, 5.74) is 2.02. The molecule has 0 aliphatic carbocycles. The number of benzene rings is 2. The monoisotopic (exact) mass is 399 g/mol. The molecule has 0 N–H and O–H groups in total. The van der Waals surface area contributed by atoms with Gasteiger partial charge in [0.05, 0.1) is 11.6 Å². The predicted octanol–water partition coefficient (Wildman–Crippen LogP) is 4.51. The second-order valence-corrected chi connectivity index (χ2v) is 6.92. The lowest BCUT2D eigenvalue weighted by Gasteiger charge is -2.23. The Balaban J connectivity index is 1.66. The summed E-state index contributed by atoms with van der Waals surface area (Å²) in [4.78, 5) is 18.7. The van der Waals surface area contributed by atoms with Gasteiger partial charge in [-0.2, -0.15) is 4.98 Å². The Bertz CT molecular complexity index is 940. The summed E-state index contributed by atoms with van der Waals surface area (Å²) in [5, 5.41) is 4.47. The zero-order valence-electron chi connectivity index (χ0n) is 16.1. The zero-order chi connectivity index (χ0) is 20.1. The Kier molecular flexibility index (Phi) is 6.31. The van der Waals surface area contributed by atoms with Crippen LogP contribution in [0, 0.1) is 6.92 Å². The molecule has 2 aromatic carbocycles. The van der Waals surface area contributed by atoms with Crippen LogP contribution in [-0.2, 0) is 11.3 Å². The van der Waals surface area contributed by atoms with Gasteiger partial charge in [-0.05, 0) is 25.5 Å². The number of aryl methyl sites for hydroxylation is 1. The fourth-order valence-electron chi connectivity index (χ4n) is 2.67. The molecule has 0 radical (unpaired) electrons. The minimum absolute atomic E-state index is 0.183. The summed E-state index contributed by atoms with van der Waals surface area (Å²) in [6, 6.07) is 14.9. The van der Waals surface area contributed by atoms with Crippen LogP contribution in [-0.4, -0.2) is 34.1 Å². The summed E-state index contributed by atoms with van der Waals surface area (Å²) >= 11 is 6.13. The van der Waals surface area contributed by atoms with Gasteiger partial charge in [0.1, 0.15) is 5.75 Å². The molecule has 3 aromatic rings. The number of hydrogen-bond acceptors (Lipinski definition) is 5. The lowest BCUT2D eigenvalue weighted by molar-refractivity contribution is -0.138. The Labute approximate surface area is 169 Å². The number of hydrogen-bond donors (Lipinski definition) is 0. The number of likely N-dealkylation sites (N-methyl/N-ethyl adjacent to an activating group) is 1. The number of para-hydroxylation sites is 1. The van der Waals surface area contributed by atoms with E-state index in [1.165, 1.54) is 4.90 Å². The maximum atomic E-state index is 12.8. The highest BCUT2D eigenvalue weighted by atomic mass is 35.5. The quantitative estimate of drug-likeness (QED) is 0.584. The largest absolute Gasteiger partial charge is 0.479 e. The van der Waals surface area contributed by atoms with E-state index in [0.29, 0.717) is 28.9 Å². The van der Waals surface area contributed by atoms with Crippen LogP contribution in [0.4, 0.5) is 0 Å². The van der Waals surface area contributed by atoms with Gasteiger partial charge in [-0.1, -0.05) is 65.6 Å². The molecule has 6 nitrogen and oxygen atoms in total. The van der Waals surface area contributed by atoms with Gasteiger partial charge in [-0.25, -0.2) is 0 Å². The molecular formula is C21H22ClN3O3. The second-order valence-electron chi connectivity index (χ2n) is 6.52. The van der Waals surface area contributed by atoms with Gasteiger partial charge in [-0.3, -0.25) is 4.79 Å². The Morgan fingerprint density at radius 3 is 2.61 bits per heavy atom. The molecule has 0 aliphatic rings. The SMILES string of the molecule is CC[C@H](Oc1ccccc1Cl)C(=O)N(C)Cc1nc(-c2ccc(C)cc2)no1. The van der Waals surface area contributed by atoms with E-state index < -0.39 is 6.10 Å². The molecule has 1 heterocycles. The van der Waals surface area contributed by atoms with Crippen molar-refractivity contribution >= 4 is 17.5 Å². The van der Waals surface area contributed by atoms with E-state index >= 15 is 0 Å². The van der Waals surface area contributed by atoms with E-state index in [9.17, 15) is 4.79 Å². The van der Waals surface area contributed by atoms with Crippen molar-refractivity contribution in [1.29, 1.82) is 0 Å². The average Bonchev–Trinajstić information content (AvgIpc) is 3.16. The van der Waals surface area contributed by atoms with Gasteiger partial charge in [-0.15, -0.1) is 0 Å². The van der Waals surface area contributed by atoms with E-state index in [4.69, 9.17) is 20.9 Å². The second kappa shape index (κ2) is 8.89. The fraction of sp³-hybridized carbons (Fsp3) is 0.286. The maximum absolute atomic E-state index is 12.8. The molecule has 3 rings (SSSR count). The molecule has 0 aliphatic heterocycles. The third kappa shape index (κ3) is 4.70. The average molecular weight is 400 g/mol. The Morgan fingerprint density at radius 1 is 1.21 bits per heavy atom. The Hall–Kier alpha value is -2.86. The number of rotatable bonds is 7. The van der Waals surface area contributed by atoms with E-state index in [-0.39, 0.29) is 12.5 Å². The topological polar surface area (TPSA) is 68.5 Å². The Morgan fingerprint density at radius 2 is 1.93 bits per heavy atom. The first-order chi connectivity index (χ1) is 13.5. The van der Waals surface area contributed by atoms with Crippen LogP contribution in [0.3, 0.4) is 0 Å². The summed E-state index contributed by atoms with van der Waals surface area (Å²) in [6.45, 7) is 4.09. The smallest absolute Gasteiger partial charge is 0.263 e. The van der Waals surface area contributed by atoms with Crippen LogP contribution in [0.15, 0.2) is 53.1 Å². The minimum Gasteiger partial charge on any atom is -0.479 e. The number of halogens is 1. The molecule has 0 saturated heterocycles. The summed E-state index contributed by atoms with van der Waals surface area (Å²) in [5.74, 6) is 1.16. The molecule has 7 heteroatoms. The lowest BCUT2D eigenvalue weighted by Crippen LogP contribution is -2.39. The minimum atomic E-state index is -0.649. The standard InChI is InChI=1S/C21H22ClN3O3/c1-4-17(27-18-8-6-5-7-16(18)22)21(26)25(3)13-19-23-20(24-28-19)15-11-9-14(2)10-12-15/h5-12,17H,4,13H2,1-3H3/t17-/m0/s1. The van der Waals surface area contributed by atoms with Gasteiger partial charge in [0, 0.05) is 12.6 Å². The van der Waals surface area contributed by atoms with Crippen molar-refractivity contribution < 1.29 is 14.1 Å². The molecule has 0 unspecified atom stereocenters. The summed E-state index contributed by atoms with van der Waals surface area (Å²) in [7, 11) is 1.68. The first-order valence-electron chi connectivity index (χ1n) is 9.03. The number of aromatic nitrogens is 2. The molecule has 0 fully saturated rings. The lowest BCUT2D eigenvalue weighted by atomic mass is 10.1. The first kappa shape index (κ1) is 19.9. The molecule has 1 amide bonds. The molecule has 0 spiro atoms. The summed E-state index contributed by atoms with van der Waals surface area (Å²) < 4.78 is 11.1. The van der Waals surface area contributed by atoms with Crippen LogP contribution < -0.4 is 4.74 Å². The molecular weight excluding hydrogens is 378 g/mol. The van der Waals surface area contributed by atoms with Crippen molar-refractivity contribution in [1.82, 2.24) is 15.0 Å². The van der Waals surface area contributed by atoms with Crippen LogP contribution >= 0.6 is 11.6 Å². The fourth-order valence-corrected chi connectivity index (χ4v) is 2.85. The van der Waals surface area contributed by atoms with E-state index in [1.807, 2.05) is 50.2 Å². The van der Waals surface area contributed by atoms with Gasteiger partial charge in [0.15, 0.2) is 6.10 Å². The van der Waals surface area contributed by atoms with Crippen LogP contribution in [0.2, 0.25) is 5.02 Å². The molecule has 0 bridgehead atoms. The van der Waals surface area contributed by atoms with Crippen LogP contribution in [0.1, 0.15) is 24.8 Å². The van der Waals surface area contributed by atoms with E-state index in [0.717, 1.165) is 11.1 Å². The number of carbonyl (C=O) groups excluding carboxylic acids is 1. The van der Waals surface area contributed by atoms with Crippen molar-refractivity contribution in [3.8, 4) is 17.1 Å². The number of ether oxygens (including phenoxy) is 1. The van der Waals surface area contributed by atoms with Crippen LogP contribution in [0.5, 0.6) is 5.75 Å². The van der Waals surface area contributed by atoms with Crippen molar-refractivity contribution in [2.45, 2.75) is 32.9 Å². The van der Waals surface area contributed by atoms with Crippen molar-refractivity contribution in [3.63, 3.8) is 0 Å². The highest BCUT2D eigenvalue weighted by Gasteiger charge is 2.24. The molecule has 1 aromatic heterocycles. The number of nitrogens with zero attached hydrogens (tertiary/aromatic N) is 3. The molecule has 28 heavy (non-hydrogen) atoms. The zero-order valence-corrected chi connectivity index (χ0v) is 16.8.